The second-order valence-corrected chi connectivity index (χ2v) is 3.56. The summed E-state index contributed by atoms with van der Waals surface area (Å²) in [6, 6.07) is 2.73. The van der Waals surface area contributed by atoms with Gasteiger partial charge in [-0.2, -0.15) is 13.2 Å². The van der Waals surface area contributed by atoms with Gasteiger partial charge in [-0.05, 0) is 6.07 Å². The predicted octanol–water partition coefficient (Wildman–Crippen LogP) is 1.26. The van der Waals surface area contributed by atoms with Gasteiger partial charge in [0, 0.05) is 5.56 Å². The first kappa shape index (κ1) is 12.4. The predicted molar refractivity (Wildman–Crippen MR) is 48.8 cm³/mol. The first-order chi connectivity index (χ1) is 8.18. The Morgan fingerprint density at radius 3 is 2.44 bits per heavy atom. The van der Waals surface area contributed by atoms with Crippen LogP contribution in [0.4, 0.5) is 13.2 Å². The number of hydrogen-bond donors (Lipinski definition) is 2. The molecule has 8 heteroatoms. The molecule has 0 amide bonds. The highest BCUT2D eigenvalue weighted by Crippen LogP contribution is 2.46. The number of carbonyl (C=O) groups excluding carboxylic acids is 1. The van der Waals surface area contributed by atoms with E-state index in [0.29, 0.717) is 0 Å². The van der Waals surface area contributed by atoms with Gasteiger partial charge in [-0.1, -0.05) is 12.1 Å². The lowest BCUT2D eigenvalue weighted by atomic mass is 9.97. The molecule has 1 aliphatic rings. The number of carboxylic acid groups (broad SMARTS) is 1. The van der Waals surface area contributed by atoms with Crippen molar-refractivity contribution in [2.24, 2.45) is 0 Å². The zero-order valence-electron chi connectivity index (χ0n) is 8.49. The molecule has 0 fully saturated rings. The molecule has 0 saturated heterocycles. The lowest BCUT2D eigenvalue weighted by Crippen LogP contribution is -2.42. The Balaban J connectivity index is 2.73. The molecule has 1 aliphatic heterocycles. The van der Waals surface area contributed by atoms with Crippen LogP contribution in [0.3, 0.4) is 0 Å². The molecule has 0 aromatic heterocycles. The van der Waals surface area contributed by atoms with Crippen LogP contribution < -0.4 is 0 Å². The van der Waals surface area contributed by atoms with Crippen LogP contribution in [0.15, 0.2) is 18.2 Å². The fourth-order valence-corrected chi connectivity index (χ4v) is 1.68. The van der Waals surface area contributed by atoms with E-state index in [1.807, 2.05) is 0 Å². The van der Waals surface area contributed by atoms with E-state index in [9.17, 15) is 27.9 Å². The smallest absolute Gasteiger partial charge is 0.460 e. The Morgan fingerprint density at radius 2 is 1.94 bits per heavy atom. The minimum Gasteiger partial charge on any atom is -0.478 e. The maximum atomic E-state index is 12.7. The Kier molecular flexibility index (Phi) is 2.37. The summed E-state index contributed by atoms with van der Waals surface area (Å²) in [6.45, 7) is 0. The Labute approximate surface area is 97.4 Å². The van der Waals surface area contributed by atoms with E-state index in [1.165, 1.54) is 0 Å². The Morgan fingerprint density at radius 1 is 1.33 bits per heavy atom. The molecule has 0 radical (unpaired) electrons. The van der Waals surface area contributed by atoms with Crippen LogP contribution in [0.1, 0.15) is 26.3 Å². The minimum atomic E-state index is -5.26. The highest BCUT2D eigenvalue weighted by Gasteiger charge is 2.64. The van der Waals surface area contributed by atoms with Gasteiger partial charge in [-0.25, -0.2) is 9.59 Å². The van der Waals surface area contributed by atoms with Crippen molar-refractivity contribution in [3.8, 4) is 0 Å². The van der Waals surface area contributed by atoms with Gasteiger partial charge in [0.15, 0.2) is 0 Å². The maximum absolute atomic E-state index is 12.7. The zero-order valence-corrected chi connectivity index (χ0v) is 8.49. The van der Waals surface area contributed by atoms with Crippen LogP contribution in [-0.2, 0) is 10.5 Å². The number of carboxylic acids is 1. The van der Waals surface area contributed by atoms with Gasteiger partial charge in [-0.3, -0.25) is 0 Å². The number of aromatic carboxylic acids is 1. The molecular weight excluding hydrogens is 257 g/mol. The molecule has 1 aromatic carbocycles. The number of cyclic esters (lactones) is 1. The fraction of sp³-hybridized carbons (Fsp3) is 0.200. The quantitative estimate of drug-likeness (QED) is 0.744. The molecule has 18 heavy (non-hydrogen) atoms. The molecule has 0 bridgehead atoms. The van der Waals surface area contributed by atoms with Gasteiger partial charge in [0.25, 0.3) is 0 Å². The van der Waals surface area contributed by atoms with Gasteiger partial charge in [0.05, 0.1) is 11.1 Å². The fourth-order valence-electron chi connectivity index (χ4n) is 1.68. The molecule has 2 rings (SSSR count). The van der Waals surface area contributed by atoms with E-state index in [2.05, 4.69) is 4.74 Å². The Hall–Kier alpha value is -2.09. The van der Waals surface area contributed by atoms with Crippen LogP contribution in [0.25, 0.3) is 0 Å². The number of fused-ring (bicyclic) bond motifs is 1. The molecule has 1 unspecified atom stereocenters. The lowest BCUT2D eigenvalue weighted by molar-refractivity contribution is -0.349. The third-order valence-electron chi connectivity index (χ3n) is 2.49. The van der Waals surface area contributed by atoms with Gasteiger partial charge in [-0.15, -0.1) is 0 Å². The van der Waals surface area contributed by atoms with Crippen molar-refractivity contribution < 1.29 is 37.7 Å². The summed E-state index contributed by atoms with van der Waals surface area (Å²) in [6.07, 6.45) is -5.26. The van der Waals surface area contributed by atoms with Crippen molar-refractivity contribution in [3.05, 3.63) is 34.9 Å². The van der Waals surface area contributed by atoms with E-state index in [1.54, 1.807) is 0 Å². The van der Waals surface area contributed by atoms with Crippen LogP contribution in [0, 0.1) is 0 Å². The normalized spacial score (nSPS) is 22.6. The van der Waals surface area contributed by atoms with Crippen molar-refractivity contribution in [1.29, 1.82) is 0 Å². The molecule has 1 aromatic rings. The number of hydrogen-bond acceptors (Lipinski definition) is 4. The second kappa shape index (κ2) is 3.45. The zero-order chi connectivity index (χ0) is 13.7. The molecule has 5 nitrogen and oxygen atoms in total. The first-order valence-electron chi connectivity index (χ1n) is 4.57. The molecule has 2 N–H and O–H groups in total. The number of aliphatic hydroxyl groups is 1. The van der Waals surface area contributed by atoms with Gasteiger partial charge >= 0.3 is 23.9 Å². The number of carbonyl (C=O) groups is 2. The van der Waals surface area contributed by atoms with E-state index in [0.717, 1.165) is 18.2 Å². The third kappa shape index (κ3) is 1.46. The van der Waals surface area contributed by atoms with Gasteiger partial charge in [0.2, 0.25) is 0 Å². The number of ether oxygens (including phenoxy) is 1. The lowest BCUT2D eigenvalue weighted by Gasteiger charge is -2.24. The topological polar surface area (TPSA) is 83.8 Å². The summed E-state index contributed by atoms with van der Waals surface area (Å²) < 4.78 is 41.9. The van der Waals surface area contributed by atoms with Crippen molar-refractivity contribution in [2.45, 2.75) is 12.0 Å². The number of rotatable bonds is 1. The Bertz CT molecular complexity index is 551. The van der Waals surface area contributed by atoms with Crippen LogP contribution in [-0.4, -0.2) is 28.3 Å². The number of benzene rings is 1. The monoisotopic (exact) mass is 262 g/mol. The number of esters is 1. The van der Waals surface area contributed by atoms with Crippen LogP contribution in [0.5, 0.6) is 0 Å². The second-order valence-electron chi connectivity index (χ2n) is 3.56. The van der Waals surface area contributed by atoms with Crippen LogP contribution >= 0.6 is 0 Å². The molecular formula is C10H5F3O5. The molecule has 0 aliphatic carbocycles. The largest absolute Gasteiger partial charge is 0.478 e. The van der Waals surface area contributed by atoms with Crippen LogP contribution in [0.2, 0.25) is 0 Å². The molecule has 0 spiro atoms. The highest BCUT2D eigenvalue weighted by molar-refractivity contribution is 6.05. The van der Waals surface area contributed by atoms with Crippen molar-refractivity contribution in [2.75, 3.05) is 0 Å². The van der Waals surface area contributed by atoms with Crippen molar-refractivity contribution in [3.63, 3.8) is 0 Å². The highest BCUT2D eigenvalue weighted by atomic mass is 19.4. The minimum absolute atomic E-state index is 0.655. The summed E-state index contributed by atoms with van der Waals surface area (Å²) >= 11 is 0. The average molecular weight is 262 g/mol. The molecule has 1 heterocycles. The molecule has 1 atom stereocenters. The third-order valence-corrected chi connectivity index (χ3v) is 2.49. The summed E-state index contributed by atoms with van der Waals surface area (Å²) in [5, 5.41) is 18.2. The average Bonchev–Trinajstić information content (AvgIpc) is 2.52. The summed E-state index contributed by atoms with van der Waals surface area (Å²) in [5.41, 5.74) is -2.36. The van der Waals surface area contributed by atoms with E-state index >= 15 is 0 Å². The molecule has 96 valence electrons. The van der Waals surface area contributed by atoms with Gasteiger partial charge < -0.3 is 14.9 Å². The van der Waals surface area contributed by atoms with Crippen molar-refractivity contribution in [1.82, 2.24) is 0 Å². The van der Waals surface area contributed by atoms with Gasteiger partial charge in [0.1, 0.15) is 0 Å². The summed E-state index contributed by atoms with van der Waals surface area (Å²) in [5.74, 6) is -6.91. The summed E-state index contributed by atoms with van der Waals surface area (Å²) in [7, 11) is 0. The summed E-state index contributed by atoms with van der Waals surface area (Å²) in [4.78, 5) is 22.1. The first-order valence-corrected chi connectivity index (χ1v) is 4.57. The SMILES string of the molecule is O=C(O)c1cccc2c1C(=O)OC2(O)C(F)(F)F. The van der Waals surface area contributed by atoms with E-state index in [4.69, 9.17) is 5.11 Å². The number of alkyl halides is 3. The van der Waals surface area contributed by atoms with E-state index in [-0.39, 0.29) is 0 Å². The maximum Gasteiger partial charge on any atom is 0.460 e. The molecule has 0 saturated carbocycles. The number of halogens is 3. The van der Waals surface area contributed by atoms with Crippen molar-refractivity contribution >= 4 is 11.9 Å². The van der Waals surface area contributed by atoms with E-state index < -0.39 is 40.6 Å². The standard InChI is InChI=1S/C10H5F3O5/c11-10(12,13)9(17)5-3-1-2-4(7(14)15)6(5)8(16)18-9/h1-3,17H,(H,14,15).